The molecule has 6 heteroatoms. The molecule has 0 aromatic carbocycles. The van der Waals surface area contributed by atoms with Crippen LogP contribution in [0.1, 0.15) is 52.5 Å². The van der Waals surface area contributed by atoms with Crippen molar-refractivity contribution in [2.75, 3.05) is 17.2 Å². The van der Waals surface area contributed by atoms with E-state index in [0.29, 0.717) is 29.9 Å². The van der Waals surface area contributed by atoms with E-state index < -0.39 is 5.67 Å². The smallest absolute Gasteiger partial charge is 0.228 e. The number of hydrogen-bond acceptors (Lipinski definition) is 5. The van der Waals surface area contributed by atoms with E-state index in [0.717, 1.165) is 36.3 Å². The van der Waals surface area contributed by atoms with Crippen molar-refractivity contribution >= 4 is 11.8 Å². The molecule has 1 aromatic rings. The molecule has 0 radical (unpaired) electrons. The predicted molar refractivity (Wildman–Crippen MR) is 98.0 cm³/mol. The Morgan fingerprint density at radius 3 is 2.84 bits per heavy atom. The fraction of sp³-hybridized carbons (Fsp3) is 0.579. The number of allylic oxidation sites excluding steroid dienone is 2. The van der Waals surface area contributed by atoms with Gasteiger partial charge in [0.05, 0.1) is 12.3 Å². The van der Waals surface area contributed by atoms with Crippen LogP contribution in [0.5, 0.6) is 0 Å². The van der Waals surface area contributed by atoms with E-state index in [9.17, 15) is 4.39 Å². The maximum atomic E-state index is 14.6. The van der Waals surface area contributed by atoms with Gasteiger partial charge in [-0.25, -0.2) is 9.37 Å². The van der Waals surface area contributed by atoms with Crippen LogP contribution in [0.25, 0.3) is 0 Å². The van der Waals surface area contributed by atoms with Crippen LogP contribution in [0.15, 0.2) is 29.8 Å². The first-order chi connectivity index (χ1) is 11.7. The Morgan fingerprint density at radius 1 is 1.40 bits per heavy atom. The van der Waals surface area contributed by atoms with Gasteiger partial charge in [0.15, 0.2) is 0 Å². The molecule has 5 nitrogen and oxygen atoms in total. The maximum Gasteiger partial charge on any atom is 0.228 e. The molecule has 2 N–H and O–H groups in total. The van der Waals surface area contributed by atoms with Crippen LogP contribution in [0, 0.1) is 5.92 Å². The minimum atomic E-state index is -1.51. The monoisotopic (exact) mass is 346 g/mol. The first-order valence-corrected chi connectivity index (χ1v) is 8.83. The molecule has 1 saturated carbocycles. The van der Waals surface area contributed by atoms with Gasteiger partial charge in [0, 0.05) is 17.8 Å². The van der Waals surface area contributed by atoms with Gasteiger partial charge < -0.3 is 15.4 Å². The van der Waals surface area contributed by atoms with Crippen LogP contribution in [-0.4, -0.2) is 22.6 Å². The van der Waals surface area contributed by atoms with Crippen LogP contribution >= 0.6 is 0 Å². The first kappa shape index (κ1) is 17.7. The van der Waals surface area contributed by atoms with E-state index in [1.807, 2.05) is 13.8 Å². The van der Waals surface area contributed by atoms with Crippen molar-refractivity contribution in [1.29, 1.82) is 0 Å². The number of nitrogens with one attached hydrogen (secondary N) is 2. The van der Waals surface area contributed by atoms with Crippen molar-refractivity contribution < 1.29 is 9.13 Å². The molecular weight excluding hydrogens is 319 g/mol. The van der Waals surface area contributed by atoms with Crippen LogP contribution in [-0.2, 0) is 10.4 Å². The van der Waals surface area contributed by atoms with Gasteiger partial charge in [-0.2, -0.15) is 4.98 Å². The van der Waals surface area contributed by atoms with Crippen molar-refractivity contribution in [2.24, 2.45) is 5.92 Å². The molecule has 0 spiro atoms. The summed E-state index contributed by atoms with van der Waals surface area (Å²) in [6.07, 6.45) is 4.66. The molecule has 1 unspecified atom stereocenters. The van der Waals surface area contributed by atoms with Gasteiger partial charge in [-0.1, -0.05) is 6.58 Å². The lowest BCUT2D eigenvalue weighted by Crippen LogP contribution is -2.23. The Labute approximate surface area is 148 Å². The molecular formula is C19H27FN4O. The molecule has 3 rings (SSSR count). The highest BCUT2D eigenvalue weighted by molar-refractivity contribution is 5.52. The standard InChI is InChI=1S/C19H27FN4O/c1-11(2)16-12(3)22-18-21-9-15(19(4,5)20)17(24-18)23-14-7-6-13(8-14)10-25-16/h9,13-14H,1,6-8,10H2,2-5H3,(H2,21,22,23,24)/b16-12-/t13-,14?/m0/s1. The van der Waals surface area contributed by atoms with Gasteiger partial charge >= 0.3 is 0 Å². The van der Waals surface area contributed by atoms with E-state index in [1.54, 1.807) is 6.20 Å². The molecule has 0 saturated heterocycles. The zero-order valence-corrected chi connectivity index (χ0v) is 15.4. The molecule has 1 fully saturated rings. The number of ether oxygens (including phenoxy) is 1. The van der Waals surface area contributed by atoms with Crippen LogP contribution in [0.2, 0.25) is 0 Å². The molecule has 2 heterocycles. The highest BCUT2D eigenvalue weighted by atomic mass is 19.1. The normalized spacial score (nSPS) is 26.6. The average molecular weight is 346 g/mol. The Bertz CT molecular complexity index is 708. The molecule has 1 aliphatic heterocycles. The number of alkyl halides is 1. The third kappa shape index (κ3) is 3.94. The van der Waals surface area contributed by atoms with Crippen molar-refractivity contribution in [3.8, 4) is 0 Å². The Balaban J connectivity index is 2.04. The summed E-state index contributed by atoms with van der Waals surface area (Å²) in [6.45, 7) is 11.6. The lowest BCUT2D eigenvalue weighted by molar-refractivity contribution is 0.170. The molecule has 0 amide bonds. The minimum Gasteiger partial charge on any atom is -0.491 e. The highest BCUT2D eigenvalue weighted by Crippen LogP contribution is 2.35. The van der Waals surface area contributed by atoms with E-state index in [2.05, 4.69) is 27.2 Å². The first-order valence-electron chi connectivity index (χ1n) is 8.83. The second-order valence-electron chi connectivity index (χ2n) is 7.62. The highest BCUT2D eigenvalue weighted by Gasteiger charge is 2.30. The van der Waals surface area contributed by atoms with Gasteiger partial charge in [-0.15, -0.1) is 0 Å². The van der Waals surface area contributed by atoms with Crippen LogP contribution in [0.3, 0.4) is 0 Å². The summed E-state index contributed by atoms with van der Waals surface area (Å²) in [5.74, 6) is 2.21. The van der Waals surface area contributed by atoms with E-state index in [-0.39, 0.29) is 6.04 Å². The topological polar surface area (TPSA) is 59.1 Å². The van der Waals surface area contributed by atoms with Gasteiger partial charge in [-0.3, -0.25) is 0 Å². The molecule has 2 atom stereocenters. The van der Waals surface area contributed by atoms with Crippen molar-refractivity contribution in [2.45, 2.75) is 58.7 Å². The lowest BCUT2D eigenvalue weighted by atomic mass is 10.0. The van der Waals surface area contributed by atoms with Gasteiger partial charge in [0.25, 0.3) is 0 Å². The average Bonchev–Trinajstić information content (AvgIpc) is 2.92. The molecule has 1 aromatic heterocycles. The SMILES string of the molecule is C=C(C)/C1=C(\C)Nc2ncc(C(C)(C)F)c(n2)NC2CC[C@H](CO1)C2. The third-order valence-corrected chi connectivity index (χ3v) is 4.80. The Morgan fingerprint density at radius 2 is 2.16 bits per heavy atom. The number of nitrogens with zero attached hydrogens (tertiary/aromatic N) is 2. The zero-order valence-electron chi connectivity index (χ0n) is 15.4. The molecule has 1 aliphatic carbocycles. The summed E-state index contributed by atoms with van der Waals surface area (Å²) in [6, 6.07) is 0.273. The largest absolute Gasteiger partial charge is 0.491 e. The molecule has 4 bridgehead atoms. The molecule has 136 valence electrons. The summed E-state index contributed by atoms with van der Waals surface area (Å²) >= 11 is 0. The fourth-order valence-corrected chi connectivity index (χ4v) is 3.52. The number of fused-ring (bicyclic) bond motifs is 4. The third-order valence-electron chi connectivity index (χ3n) is 4.80. The summed E-state index contributed by atoms with van der Waals surface area (Å²) in [5, 5.41) is 6.60. The van der Waals surface area contributed by atoms with Gasteiger partial charge in [0.1, 0.15) is 17.2 Å². The summed E-state index contributed by atoms with van der Waals surface area (Å²) < 4.78 is 20.6. The van der Waals surface area contributed by atoms with Crippen molar-refractivity contribution in [3.05, 3.63) is 35.4 Å². The maximum absolute atomic E-state index is 14.6. The summed E-state index contributed by atoms with van der Waals surface area (Å²) in [5.41, 5.74) is 0.640. The molecule has 2 aliphatic rings. The van der Waals surface area contributed by atoms with Crippen LogP contribution in [0.4, 0.5) is 16.2 Å². The van der Waals surface area contributed by atoms with E-state index in [4.69, 9.17) is 4.74 Å². The van der Waals surface area contributed by atoms with E-state index in [1.165, 1.54) is 13.8 Å². The van der Waals surface area contributed by atoms with E-state index >= 15 is 0 Å². The van der Waals surface area contributed by atoms with Crippen molar-refractivity contribution in [1.82, 2.24) is 9.97 Å². The number of hydrogen-bond donors (Lipinski definition) is 2. The zero-order chi connectivity index (χ0) is 18.2. The second kappa shape index (κ2) is 6.65. The van der Waals surface area contributed by atoms with Crippen LogP contribution < -0.4 is 10.6 Å². The minimum absolute atomic E-state index is 0.273. The second-order valence-corrected chi connectivity index (χ2v) is 7.62. The van der Waals surface area contributed by atoms with Gasteiger partial charge in [-0.05, 0) is 58.4 Å². The number of rotatable bonds is 2. The Kier molecular flexibility index (Phi) is 4.71. The fourth-order valence-electron chi connectivity index (χ4n) is 3.52. The molecule has 25 heavy (non-hydrogen) atoms. The number of anilines is 2. The summed E-state index contributed by atoms with van der Waals surface area (Å²) in [7, 11) is 0. The predicted octanol–water partition coefficient (Wildman–Crippen LogP) is 4.51. The summed E-state index contributed by atoms with van der Waals surface area (Å²) in [4.78, 5) is 8.83. The Hall–Kier alpha value is -2.11. The number of halogens is 1. The number of aromatic nitrogens is 2. The quantitative estimate of drug-likeness (QED) is 0.825. The van der Waals surface area contributed by atoms with Crippen molar-refractivity contribution in [3.63, 3.8) is 0 Å². The lowest BCUT2D eigenvalue weighted by Gasteiger charge is -2.23. The van der Waals surface area contributed by atoms with Gasteiger partial charge in [0.2, 0.25) is 5.95 Å².